The number of piperidine rings is 1. The zero-order chi connectivity index (χ0) is 25.2. The number of nitrogens with one attached hydrogen (secondary N) is 1. The highest BCUT2D eigenvalue weighted by atomic mass is 35.5. The molecule has 2 aromatic carbocycles. The molecule has 1 N–H and O–H groups in total. The summed E-state index contributed by atoms with van der Waals surface area (Å²) in [7, 11) is 0. The van der Waals surface area contributed by atoms with E-state index in [0.29, 0.717) is 42.7 Å². The summed E-state index contributed by atoms with van der Waals surface area (Å²) in [4.78, 5) is 31.3. The van der Waals surface area contributed by atoms with Crippen LogP contribution in [-0.2, 0) is 6.18 Å². The Bertz CT molecular complexity index is 1220. The maximum atomic E-state index is 13.1. The van der Waals surface area contributed by atoms with Crippen LogP contribution in [0.4, 0.5) is 18.9 Å². The lowest BCUT2D eigenvalue weighted by Gasteiger charge is -2.32. The number of aryl methyl sites for hydroxylation is 1. The lowest BCUT2D eigenvalue weighted by Crippen LogP contribution is -2.38. The van der Waals surface area contributed by atoms with E-state index in [2.05, 4.69) is 10.3 Å². The predicted molar refractivity (Wildman–Crippen MR) is 128 cm³/mol. The molecule has 5 nitrogen and oxygen atoms in total. The Hall–Kier alpha value is -3.39. The van der Waals surface area contributed by atoms with Crippen LogP contribution in [0.2, 0.25) is 5.15 Å². The summed E-state index contributed by atoms with van der Waals surface area (Å²) in [6.45, 7) is 2.83. The number of carbonyl (C=O) groups is 2. The number of aromatic nitrogens is 1. The van der Waals surface area contributed by atoms with Gasteiger partial charge in [-0.15, -0.1) is 0 Å². The summed E-state index contributed by atoms with van der Waals surface area (Å²) in [6.07, 6.45) is -1.65. The van der Waals surface area contributed by atoms with Gasteiger partial charge in [0, 0.05) is 30.5 Å². The minimum atomic E-state index is -4.35. The Morgan fingerprint density at radius 1 is 1.00 bits per heavy atom. The highest BCUT2D eigenvalue weighted by Gasteiger charge is 2.31. The molecule has 0 aliphatic carbocycles. The summed E-state index contributed by atoms with van der Waals surface area (Å²) >= 11 is 5.77. The van der Waals surface area contributed by atoms with Crippen molar-refractivity contribution in [3.8, 4) is 0 Å². The maximum Gasteiger partial charge on any atom is 0.416 e. The molecule has 0 radical (unpaired) electrons. The zero-order valence-corrected chi connectivity index (χ0v) is 19.7. The van der Waals surface area contributed by atoms with Gasteiger partial charge in [-0.05, 0) is 73.2 Å². The van der Waals surface area contributed by atoms with E-state index in [1.165, 1.54) is 24.4 Å². The van der Waals surface area contributed by atoms with Gasteiger partial charge < -0.3 is 10.2 Å². The monoisotopic (exact) mass is 501 g/mol. The van der Waals surface area contributed by atoms with Crippen molar-refractivity contribution >= 4 is 29.1 Å². The van der Waals surface area contributed by atoms with Crippen molar-refractivity contribution in [3.05, 3.63) is 93.8 Å². The molecule has 1 aliphatic heterocycles. The van der Waals surface area contributed by atoms with Crippen LogP contribution in [0.1, 0.15) is 56.2 Å². The van der Waals surface area contributed by atoms with Crippen molar-refractivity contribution in [2.75, 3.05) is 18.4 Å². The van der Waals surface area contributed by atoms with E-state index in [4.69, 9.17) is 11.6 Å². The standard InChI is InChI=1S/C26H23ClF3N3O2/c1-16-2-3-19(14-22(16)32-24(34)20-6-9-23(27)31-15-20)25(35)33-12-10-18(11-13-33)17-4-7-21(8-5-17)26(28,29)30/h2-9,14-15,18H,10-13H2,1H3,(H,32,34). The molecule has 1 aliphatic rings. The van der Waals surface area contributed by atoms with Gasteiger partial charge in [0.1, 0.15) is 5.15 Å². The van der Waals surface area contributed by atoms with Gasteiger partial charge in [-0.3, -0.25) is 9.59 Å². The van der Waals surface area contributed by atoms with Gasteiger partial charge in [-0.2, -0.15) is 13.2 Å². The Kier molecular flexibility index (Phi) is 7.12. The Morgan fingerprint density at radius 3 is 2.26 bits per heavy atom. The van der Waals surface area contributed by atoms with Crippen molar-refractivity contribution in [2.45, 2.75) is 31.9 Å². The summed E-state index contributed by atoms with van der Waals surface area (Å²) in [5.74, 6) is -0.416. The van der Waals surface area contributed by atoms with Crippen LogP contribution in [-0.4, -0.2) is 34.8 Å². The molecule has 2 heterocycles. The first kappa shape index (κ1) is 24.7. The van der Waals surface area contributed by atoms with E-state index in [0.717, 1.165) is 23.3 Å². The first-order valence-corrected chi connectivity index (χ1v) is 11.5. The van der Waals surface area contributed by atoms with E-state index >= 15 is 0 Å². The number of rotatable bonds is 4. The third kappa shape index (κ3) is 5.82. The average molecular weight is 502 g/mol. The van der Waals surface area contributed by atoms with Crippen molar-refractivity contribution < 1.29 is 22.8 Å². The second-order valence-corrected chi connectivity index (χ2v) is 8.93. The number of hydrogen-bond acceptors (Lipinski definition) is 3. The number of amides is 2. The van der Waals surface area contributed by atoms with E-state index < -0.39 is 11.7 Å². The minimum Gasteiger partial charge on any atom is -0.339 e. The fraction of sp³-hybridized carbons (Fsp3) is 0.269. The molecule has 0 bridgehead atoms. The maximum absolute atomic E-state index is 13.1. The van der Waals surface area contributed by atoms with Crippen LogP contribution >= 0.6 is 11.6 Å². The normalized spacial score (nSPS) is 14.6. The summed E-state index contributed by atoms with van der Waals surface area (Å²) < 4.78 is 38.4. The van der Waals surface area contributed by atoms with Crippen molar-refractivity contribution in [1.29, 1.82) is 0 Å². The van der Waals surface area contributed by atoms with Crippen LogP contribution in [0.15, 0.2) is 60.8 Å². The molecule has 35 heavy (non-hydrogen) atoms. The molecule has 4 rings (SSSR count). The number of hydrogen-bond donors (Lipinski definition) is 1. The molecule has 0 atom stereocenters. The highest BCUT2D eigenvalue weighted by molar-refractivity contribution is 6.29. The minimum absolute atomic E-state index is 0.0992. The summed E-state index contributed by atoms with van der Waals surface area (Å²) in [5, 5.41) is 3.10. The number of nitrogens with zero attached hydrogens (tertiary/aromatic N) is 2. The summed E-state index contributed by atoms with van der Waals surface area (Å²) in [6, 6.07) is 13.5. The molecule has 3 aromatic rings. The van der Waals surface area contributed by atoms with Crippen LogP contribution < -0.4 is 5.32 Å². The molecule has 1 saturated heterocycles. The zero-order valence-electron chi connectivity index (χ0n) is 18.9. The quantitative estimate of drug-likeness (QED) is 0.425. The van der Waals surface area contributed by atoms with Crippen molar-refractivity contribution in [1.82, 2.24) is 9.88 Å². The molecule has 2 amide bonds. The van der Waals surface area contributed by atoms with Crippen LogP contribution in [0.3, 0.4) is 0 Å². The number of alkyl halides is 3. The topological polar surface area (TPSA) is 62.3 Å². The molecule has 0 saturated carbocycles. The number of carbonyl (C=O) groups excluding carboxylic acids is 2. The van der Waals surface area contributed by atoms with E-state index in [1.807, 2.05) is 6.92 Å². The molecule has 0 spiro atoms. The van der Waals surface area contributed by atoms with Crippen LogP contribution in [0.5, 0.6) is 0 Å². The fourth-order valence-corrected chi connectivity index (χ4v) is 4.25. The molecule has 1 aromatic heterocycles. The second-order valence-electron chi connectivity index (χ2n) is 8.54. The Balaban J connectivity index is 1.40. The number of pyridine rings is 1. The number of likely N-dealkylation sites (tertiary alicyclic amines) is 1. The molecule has 1 fully saturated rings. The van der Waals surface area contributed by atoms with Gasteiger partial charge >= 0.3 is 6.18 Å². The molecule has 0 unspecified atom stereocenters. The molecule has 9 heteroatoms. The average Bonchev–Trinajstić information content (AvgIpc) is 2.85. The first-order valence-electron chi connectivity index (χ1n) is 11.1. The van der Waals surface area contributed by atoms with Crippen molar-refractivity contribution in [3.63, 3.8) is 0 Å². The Labute approximate surface area is 205 Å². The number of halogens is 4. The van der Waals surface area contributed by atoms with E-state index in [9.17, 15) is 22.8 Å². The van der Waals surface area contributed by atoms with E-state index in [-0.39, 0.29) is 22.9 Å². The summed E-state index contributed by atoms with van der Waals surface area (Å²) in [5.41, 5.74) is 2.31. The second kappa shape index (κ2) is 10.1. The van der Waals surface area contributed by atoms with E-state index in [1.54, 1.807) is 29.2 Å². The van der Waals surface area contributed by atoms with Gasteiger partial charge in [0.05, 0.1) is 11.1 Å². The first-order chi connectivity index (χ1) is 16.6. The van der Waals surface area contributed by atoms with Gasteiger partial charge in [0.2, 0.25) is 0 Å². The highest BCUT2D eigenvalue weighted by Crippen LogP contribution is 2.33. The Morgan fingerprint density at radius 2 is 1.66 bits per heavy atom. The molecular formula is C26H23ClF3N3O2. The lowest BCUT2D eigenvalue weighted by atomic mass is 9.88. The molecule has 182 valence electrons. The van der Waals surface area contributed by atoms with Crippen LogP contribution in [0, 0.1) is 6.92 Å². The predicted octanol–water partition coefficient (Wildman–Crippen LogP) is 6.33. The lowest BCUT2D eigenvalue weighted by molar-refractivity contribution is -0.137. The van der Waals surface area contributed by atoms with Crippen molar-refractivity contribution in [2.24, 2.45) is 0 Å². The third-order valence-electron chi connectivity index (χ3n) is 6.21. The largest absolute Gasteiger partial charge is 0.416 e. The van der Waals surface area contributed by atoms with Gasteiger partial charge in [-0.25, -0.2) is 4.98 Å². The smallest absolute Gasteiger partial charge is 0.339 e. The van der Waals surface area contributed by atoms with Crippen LogP contribution in [0.25, 0.3) is 0 Å². The number of benzene rings is 2. The van der Waals surface area contributed by atoms with Gasteiger partial charge in [0.25, 0.3) is 11.8 Å². The van der Waals surface area contributed by atoms with Gasteiger partial charge in [-0.1, -0.05) is 29.8 Å². The molecular weight excluding hydrogens is 479 g/mol. The fourth-order valence-electron chi connectivity index (χ4n) is 4.14. The third-order valence-corrected chi connectivity index (χ3v) is 6.44. The number of anilines is 1. The SMILES string of the molecule is Cc1ccc(C(=O)N2CCC(c3ccc(C(F)(F)F)cc3)CC2)cc1NC(=O)c1ccc(Cl)nc1. The van der Waals surface area contributed by atoms with Gasteiger partial charge in [0.15, 0.2) is 0 Å².